The lowest BCUT2D eigenvalue weighted by Crippen LogP contribution is -2.26. The first-order valence-electron chi connectivity index (χ1n) is 6.69. The Balaban J connectivity index is 1.98. The van der Waals surface area contributed by atoms with E-state index in [0.717, 1.165) is 16.5 Å². The number of para-hydroxylation sites is 1. The summed E-state index contributed by atoms with van der Waals surface area (Å²) in [6.07, 6.45) is 1.79. The van der Waals surface area contributed by atoms with Crippen LogP contribution in [0.2, 0.25) is 0 Å². The van der Waals surface area contributed by atoms with Crippen molar-refractivity contribution in [2.24, 2.45) is 0 Å². The molecule has 1 N–H and O–H groups in total. The van der Waals surface area contributed by atoms with E-state index in [0.29, 0.717) is 12.3 Å². The van der Waals surface area contributed by atoms with E-state index < -0.39 is 0 Å². The molecule has 1 aromatic carbocycles. The summed E-state index contributed by atoms with van der Waals surface area (Å²) < 4.78 is 0.112. The fraction of sp³-hybridized carbons (Fsp3) is 0.375. The summed E-state index contributed by atoms with van der Waals surface area (Å²) in [4.78, 5) is 16.2. The predicted molar refractivity (Wildman–Crippen MR) is 85.8 cm³/mol. The minimum atomic E-state index is 0.0748. The third kappa shape index (κ3) is 4.23. The topological polar surface area (TPSA) is 42.0 Å². The van der Waals surface area contributed by atoms with Crippen LogP contribution in [0.1, 0.15) is 26.3 Å². The standard InChI is InChI=1S/C16H20N2OS/c1-16(2,3)20-11-15(19)18-10-12-8-9-17-14-7-5-4-6-13(12)14/h4-9H,10-11H2,1-3H3,(H,18,19). The van der Waals surface area contributed by atoms with Crippen LogP contribution in [-0.4, -0.2) is 21.4 Å². The van der Waals surface area contributed by atoms with Crippen LogP contribution >= 0.6 is 11.8 Å². The Morgan fingerprint density at radius 2 is 2.00 bits per heavy atom. The summed E-state index contributed by atoms with van der Waals surface area (Å²) in [5.74, 6) is 0.567. The molecule has 1 amide bonds. The fourth-order valence-corrected chi connectivity index (χ4v) is 2.50. The molecule has 1 heterocycles. The average Bonchev–Trinajstić information content (AvgIpc) is 2.42. The van der Waals surface area contributed by atoms with Crippen LogP contribution in [0.25, 0.3) is 10.9 Å². The van der Waals surface area contributed by atoms with Crippen LogP contribution in [0.3, 0.4) is 0 Å². The Morgan fingerprint density at radius 1 is 1.25 bits per heavy atom. The second-order valence-electron chi connectivity index (χ2n) is 5.67. The van der Waals surface area contributed by atoms with Crippen molar-refractivity contribution in [1.82, 2.24) is 10.3 Å². The molecule has 0 aliphatic rings. The molecule has 0 aliphatic heterocycles. The molecule has 0 saturated heterocycles. The molecule has 0 spiro atoms. The number of hydrogen-bond donors (Lipinski definition) is 1. The highest BCUT2D eigenvalue weighted by molar-refractivity contribution is 8.01. The Labute approximate surface area is 124 Å². The maximum absolute atomic E-state index is 11.9. The average molecular weight is 288 g/mol. The van der Waals surface area contributed by atoms with Gasteiger partial charge in [-0.1, -0.05) is 39.0 Å². The molecule has 0 saturated carbocycles. The van der Waals surface area contributed by atoms with E-state index in [9.17, 15) is 4.79 Å². The van der Waals surface area contributed by atoms with Crippen molar-refractivity contribution in [2.75, 3.05) is 5.75 Å². The molecule has 4 heteroatoms. The highest BCUT2D eigenvalue weighted by Gasteiger charge is 2.13. The quantitative estimate of drug-likeness (QED) is 0.937. The minimum absolute atomic E-state index is 0.0748. The normalized spacial score (nSPS) is 11.6. The second kappa shape index (κ2) is 6.27. The Morgan fingerprint density at radius 3 is 2.75 bits per heavy atom. The van der Waals surface area contributed by atoms with Gasteiger partial charge in [-0.3, -0.25) is 9.78 Å². The van der Waals surface area contributed by atoms with Gasteiger partial charge in [0.15, 0.2) is 0 Å². The van der Waals surface area contributed by atoms with E-state index in [-0.39, 0.29) is 10.7 Å². The lowest BCUT2D eigenvalue weighted by molar-refractivity contribution is -0.118. The largest absolute Gasteiger partial charge is 0.351 e. The first-order valence-corrected chi connectivity index (χ1v) is 7.67. The molecule has 0 unspecified atom stereocenters. The SMILES string of the molecule is CC(C)(C)SCC(=O)NCc1ccnc2ccccc12. The second-order valence-corrected chi connectivity index (χ2v) is 7.47. The van der Waals surface area contributed by atoms with Crippen molar-refractivity contribution in [2.45, 2.75) is 32.1 Å². The number of rotatable bonds is 4. The maximum Gasteiger partial charge on any atom is 0.230 e. The van der Waals surface area contributed by atoms with Crippen LogP contribution in [0.15, 0.2) is 36.5 Å². The molecule has 3 nitrogen and oxygen atoms in total. The maximum atomic E-state index is 11.9. The summed E-state index contributed by atoms with van der Waals surface area (Å²) in [6, 6.07) is 9.94. The van der Waals surface area contributed by atoms with Crippen LogP contribution in [-0.2, 0) is 11.3 Å². The summed E-state index contributed by atoms with van der Waals surface area (Å²) >= 11 is 1.66. The molecule has 0 atom stereocenters. The number of nitrogens with one attached hydrogen (secondary N) is 1. The number of pyridine rings is 1. The molecule has 0 bridgehead atoms. The lowest BCUT2D eigenvalue weighted by atomic mass is 10.1. The number of amides is 1. The van der Waals surface area contributed by atoms with E-state index >= 15 is 0 Å². The molecule has 0 aliphatic carbocycles. The van der Waals surface area contributed by atoms with Gasteiger partial charge in [0.25, 0.3) is 0 Å². The molecule has 1 aromatic heterocycles. The molecular weight excluding hydrogens is 268 g/mol. The number of carbonyl (C=O) groups excluding carboxylic acids is 1. The first-order chi connectivity index (χ1) is 9.46. The van der Waals surface area contributed by atoms with E-state index in [1.54, 1.807) is 18.0 Å². The number of hydrogen-bond acceptors (Lipinski definition) is 3. The number of carbonyl (C=O) groups is 1. The van der Waals surface area contributed by atoms with Crippen molar-refractivity contribution < 1.29 is 4.79 Å². The lowest BCUT2D eigenvalue weighted by Gasteiger charge is -2.17. The molecule has 2 aromatic rings. The highest BCUT2D eigenvalue weighted by Crippen LogP contribution is 2.22. The summed E-state index contributed by atoms with van der Waals surface area (Å²) in [5, 5.41) is 4.07. The van der Waals surface area contributed by atoms with E-state index in [2.05, 4.69) is 31.1 Å². The van der Waals surface area contributed by atoms with Crippen molar-refractivity contribution in [3.05, 3.63) is 42.1 Å². The van der Waals surface area contributed by atoms with Gasteiger partial charge in [-0.15, -0.1) is 11.8 Å². The smallest absolute Gasteiger partial charge is 0.230 e. The number of nitrogens with zero attached hydrogens (tertiary/aromatic N) is 1. The first kappa shape index (κ1) is 14.9. The van der Waals surface area contributed by atoms with Gasteiger partial charge in [0.2, 0.25) is 5.91 Å². The van der Waals surface area contributed by atoms with Crippen molar-refractivity contribution >= 4 is 28.6 Å². The zero-order valence-electron chi connectivity index (χ0n) is 12.1. The highest BCUT2D eigenvalue weighted by atomic mass is 32.2. The number of aromatic nitrogens is 1. The van der Waals surface area contributed by atoms with Gasteiger partial charge in [0.1, 0.15) is 0 Å². The van der Waals surface area contributed by atoms with Crippen LogP contribution in [0.5, 0.6) is 0 Å². The molecule has 0 fully saturated rings. The van der Waals surface area contributed by atoms with Crippen LogP contribution in [0.4, 0.5) is 0 Å². The fourth-order valence-electron chi connectivity index (χ4n) is 1.84. The van der Waals surface area contributed by atoms with E-state index in [1.165, 1.54) is 0 Å². The Hall–Kier alpha value is -1.55. The molecule has 2 rings (SSSR count). The summed E-state index contributed by atoms with van der Waals surface area (Å²) in [6.45, 7) is 6.89. The van der Waals surface area contributed by atoms with Gasteiger partial charge in [-0.05, 0) is 17.7 Å². The molecular formula is C16H20N2OS. The molecule has 0 radical (unpaired) electrons. The predicted octanol–water partition coefficient (Wildman–Crippen LogP) is 3.38. The van der Waals surface area contributed by atoms with Crippen LogP contribution < -0.4 is 5.32 Å². The van der Waals surface area contributed by atoms with Crippen molar-refractivity contribution in [3.8, 4) is 0 Å². The summed E-state index contributed by atoms with van der Waals surface area (Å²) in [5.41, 5.74) is 2.06. The zero-order valence-corrected chi connectivity index (χ0v) is 13.0. The number of thioether (sulfide) groups is 1. The van der Waals surface area contributed by atoms with Crippen molar-refractivity contribution in [3.63, 3.8) is 0 Å². The molecule has 106 valence electrons. The van der Waals surface area contributed by atoms with E-state index in [1.807, 2.05) is 30.3 Å². The van der Waals surface area contributed by atoms with Gasteiger partial charge in [-0.2, -0.15) is 0 Å². The van der Waals surface area contributed by atoms with Gasteiger partial charge in [0.05, 0.1) is 11.3 Å². The zero-order chi connectivity index (χ0) is 14.6. The third-order valence-corrected chi connectivity index (χ3v) is 4.12. The van der Waals surface area contributed by atoms with Gasteiger partial charge >= 0.3 is 0 Å². The Bertz CT molecular complexity index is 599. The molecule has 20 heavy (non-hydrogen) atoms. The third-order valence-electron chi connectivity index (χ3n) is 2.85. The minimum Gasteiger partial charge on any atom is -0.351 e. The van der Waals surface area contributed by atoms with Gasteiger partial charge in [0, 0.05) is 22.9 Å². The van der Waals surface area contributed by atoms with Crippen LogP contribution in [0, 0.1) is 0 Å². The summed E-state index contributed by atoms with van der Waals surface area (Å²) in [7, 11) is 0. The monoisotopic (exact) mass is 288 g/mol. The van der Waals surface area contributed by atoms with Crippen molar-refractivity contribution in [1.29, 1.82) is 0 Å². The Kier molecular flexibility index (Phi) is 4.65. The number of fused-ring (bicyclic) bond motifs is 1. The van der Waals surface area contributed by atoms with Gasteiger partial charge in [-0.25, -0.2) is 0 Å². The number of benzene rings is 1. The van der Waals surface area contributed by atoms with E-state index in [4.69, 9.17) is 0 Å². The van der Waals surface area contributed by atoms with Gasteiger partial charge < -0.3 is 5.32 Å².